The summed E-state index contributed by atoms with van der Waals surface area (Å²) in [5, 5.41) is 14.4. The second-order valence-electron chi connectivity index (χ2n) is 8.41. The second kappa shape index (κ2) is 12.1. The summed E-state index contributed by atoms with van der Waals surface area (Å²) in [6.45, 7) is 12.2. The van der Waals surface area contributed by atoms with Gasteiger partial charge >= 0.3 is 6.03 Å². The van der Waals surface area contributed by atoms with Gasteiger partial charge in [-0.15, -0.1) is 0 Å². The quantitative estimate of drug-likeness (QED) is 0.587. The number of benzene rings is 1. The maximum atomic E-state index is 12.8. The summed E-state index contributed by atoms with van der Waals surface area (Å²) in [6.07, 6.45) is 5.28. The highest BCUT2D eigenvalue weighted by Crippen LogP contribution is 2.18. The molecule has 1 saturated heterocycles. The van der Waals surface area contributed by atoms with E-state index in [4.69, 9.17) is 9.47 Å². The van der Waals surface area contributed by atoms with Gasteiger partial charge in [0.1, 0.15) is 23.7 Å². The van der Waals surface area contributed by atoms with Gasteiger partial charge in [-0.05, 0) is 58.9 Å². The molecule has 0 unspecified atom stereocenters. The Labute approximate surface area is 206 Å². The first-order valence-corrected chi connectivity index (χ1v) is 11.9. The van der Waals surface area contributed by atoms with Gasteiger partial charge < -0.3 is 29.7 Å². The number of anilines is 2. The average molecular weight is 482 g/mol. The molecule has 2 amide bonds. The number of hydrogen-bond donors (Lipinski definition) is 2. The highest BCUT2D eigenvalue weighted by atomic mass is 16.5. The Bertz CT molecular complexity index is 1150. The molecule has 188 valence electrons. The monoisotopic (exact) mass is 481 g/mol. The maximum absolute atomic E-state index is 12.8. The van der Waals surface area contributed by atoms with Crippen LogP contribution in [0.5, 0.6) is 5.75 Å². The Kier molecular flexibility index (Phi) is 8.94. The van der Waals surface area contributed by atoms with E-state index in [-0.39, 0.29) is 17.9 Å². The van der Waals surface area contributed by atoms with E-state index in [1.165, 1.54) is 6.33 Å². The number of aliphatic hydroxyl groups is 1. The van der Waals surface area contributed by atoms with Gasteiger partial charge in [-0.25, -0.2) is 14.8 Å². The summed E-state index contributed by atoms with van der Waals surface area (Å²) in [7, 11) is 0. The summed E-state index contributed by atoms with van der Waals surface area (Å²) in [5.41, 5.74) is 0.727. The maximum Gasteiger partial charge on any atom is 0.321 e. The summed E-state index contributed by atoms with van der Waals surface area (Å²) >= 11 is 0. The Morgan fingerprint density at radius 1 is 1.17 bits per heavy atom. The molecule has 9 heteroatoms. The number of nitrogens with zero attached hydrogens (tertiary/aromatic N) is 4. The number of carbonyl (C=O) groups excluding carboxylic acids is 1. The highest BCUT2D eigenvalue weighted by Gasteiger charge is 2.23. The summed E-state index contributed by atoms with van der Waals surface area (Å²) in [4.78, 5) is 25.6. The van der Waals surface area contributed by atoms with Crippen LogP contribution in [0.1, 0.15) is 34.6 Å². The molecule has 1 aromatic carbocycles. The number of urea groups is 1. The number of hydrogen-bond acceptors (Lipinski definition) is 7. The Hall–Kier alpha value is -3.75. The topological polar surface area (TPSA) is 100 Å². The SMILES string of the molecule is C/C=c1/c(N2CCN(C(=O)Nc3ccc(OC(C)C)cc3)CC2)ncn/c1=C/C(OCC)=C(\C)O. The minimum Gasteiger partial charge on any atom is -0.509 e. The van der Waals surface area contributed by atoms with Crippen LogP contribution in [0.3, 0.4) is 0 Å². The van der Waals surface area contributed by atoms with Crippen molar-refractivity contribution in [2.75, 3.05) is 43.0 Å². The molecule has 2 heterocycles. The van der Waals surface area contributed by atoms with Crippen LogP contribution in [-0.2, 0) is 4.74 Å². The van der Waals surface area contributed by atoms with Crippen LogP contribution in [0.15, 0.2) is 42.1 Å². The summed E-state index contributed by atoms with van der Waals surface area (Å²) < 4.78 is 11.2. The van der Waals surface area contributed by atoms with Crippen molar-refractivity contribution >= 4 is 29.7 Å². The van der Waals surface area contributed by atoms with E-state index >= 15 is 0 Å². The second-order valence-corrected chi connectivity index (χ2v) is 8.41. The van der Waals surface area contributed by atoms with Crippen molar-refractivity contribution in [1.82, 2.24) is 14.9 Å². The first-order chi connectivity index (χ1) is 16.8. The lowest BCUT2D eigenvalue weighted by Gasteiger charge is -2.35. The van der Waals surface area contributed by atoms with E-state index in [1.807, 2.05) is 58.0 Å². The summed E-state index contributed by atoms with van der Waals surface area (Å²) in [5.74, 6) is 2.04. The van der Waals surface area contributed by atoms with E-state index in [2.05, 4.69) is 20.2 Å². The van der Waals surface area contributed by atoms with Crippen LogP contribution in [0, 0.1) is 0 Å². The van der Waals surface area contributed by atoms with Gasteiger partial charge in [0, 0.05) is 43.2 Å². The average Bonchev–Trinajstić information content (AvgIpc) is 2.84. The van der Waals surface area contributed by atoms with E-state index in [9.17, 15) is 9.90 Å². The van der Waals surface area contributed by atoms with Crippen molar-refractivity contribution in [1.29, 1.82) is 0 Å². The normalized spacial score (nSPS) is 15.8. The van der Waals surface area contributed by atoms with Crippen LogP contribution in [-0.4, -0.2) is 64.9 Å². The van der Waals surface area contributed by atoms with Gasteiger partial charge in [-0.1, -0.05) is 6.08 Å². The number of piperazine rings is 1. The lowest BCUT2D eigenvalue weighted by atomic mass is 10.2. The number of amides is 2. The number of rotatable bonds is 7. The van der Waals surface area contributed by atoms with Crippen molar-refractivity contribution < 1.29 is 19.4 Å². The lowest BCUT2D eigenvalue weighted by Crippen LogP contribution is -2.52. The molecule has 2 aromatic rings. The molecule has 9 nitrogen and oxygen atoms in total. The Morgan fingerprint density at radius 2 is 1.86 bits per heavy atom. The molecule has 1 aliphatic heterocycles. The molecule has 1 fully saturated rings. The van der Waals surface area contributed by atoms with Crippen LogP contribution < -0.4 is 25.5 Å². The third-order valence-electron chi connectivity index (χ3n) is 5.45. The minimum atomic E-state index is -0.133. The molecule has 0 saturated carbocycles. The fourth-order valence-electron chi connectivity index (χ4n) is 3.79. The Balaban J connectivity index is 1.68. The molecular weight excluding hydrogens is 446 g/mol. The molecule has 35 heavy (non-hydrogen) atoms. The molecule has 0 radical (unpaired) electrons. The number of ether oxygens (including phenoxy) is 2. The van der Waals surface area contributed by atoms with Gasteiger partial charge in [-0.2, -0.15) is 0 Å². The Morgan fingerprint density at radius 3 is 2.43 bits per heavy atom. The van der Waals surface area contributed by atoms with Crippen LogP contribution in [0.25, 0.3) is 12.2 Å². The standard InChI is InChI=1S/C26H35N5O4/c1-6-22-23(16-24(19(5)32)34-7-2)27-17-28-25(22)30-12-14-31(15-13-30)26(33)29-20-8-10-21(11-9-20)35-18(3)4/h6,8-11,16-18,32H,7,12-15H2,1-5H3,(H,29,33)/b22-6+,23-16+,24-19-. The van der Waals surface area contributed by atoms with Gasteiger partial charge in [0.25, 0.3) is 0 Å². The number of nitrogens with one attached hydrogen (secondary N) is 1. The van der Waals surface area contributed by atoms with E-state index in [0.29, 0.717) is 43.9 Å². The zero-order valence-corrected chi connectivity index (χ0v) is 21.1. The minimum absolute atomic E-state index is 0.0933. The molecule has 2 N–H and O–H groups in total. The third-order valence-corrected chi connectivity index (χ3v) is 5.45. The van der Waals surface area contributed by atoms with Gasteiger partial charge in [0.05, 0.1) is 18.1 Å². The fraction of sp³-hybridized carbons (Fsp3) is 0.423. The zero-order valence-electron chi connectivity index (χ0n) is 21.1. The number of aliphatic hydroxyl groups excluding tert-OH is 1. The van der Waals surface area contributed by atoms with Crippen LogP contribution in [0.2, 0.25) is 0 Å². The molecule has 0 aliphatic carbocycles. The molecule has 1 aromatic heterocycles. The van der Waals surface area contributed by atoms with E-state index < -0.39 is 0 Å². The third kappa shape index (κ3) is 6.88. The first-order valence-electron chi connectivity index (χ1n) is 11.9. The summed E-state index contributed by atoms with van der Waals surface area (Å²) in [6, 6.07) is 7.25. The van der Waals surface area contributed by atoms with E-state index in [1.54, 1.807) is 17.9 Å². The predicted molar refractivity (Wildman–Crippen MR) is 138 cm³/mol. The fourth-order valence-corrected chi connectivity index (χ4v) is 3.79. The molecule has 0 atom stereocenters. The highest BCUT2D eigenvalue weighted by molar-refractivity contribution is 5.89. The van der Waals surface area contributed by atoms with Gasteiger partial charge in [0.15, 0.2) is 5.76 Å². The van der Waals surface area contributed by atoms with Crippen molar-refractivity contribution in [3.05, 3.63) is 52.7 Å². The first kappa shape index (κ1) is 25.9. The number of allylic oxidation sites excluding steroid dienone is 2. The zero-order chi connectivity index (χ0) is 25.4. The van der Waals surface area contributed by atoms with Crippen molar-refractivity contribution in [2.24, 2.45) is 0 Å². The van der Waals surface area contributed by atoms with Crippen molar-refractivity contribution in [3.63, 3.8) is 0 Å². The molecule has 3 rings (SSSR count). The lowest BCUT2D eigenvalue weighted by molar-refractivity contribution is 0.208. The van der Waals surface area contributed by atoms with Gasteiger partial charge in [0.2, 0.25) is 0 Å². The largest absolute Gasteiger partial charge is 0.509 e. The number of carbonyl (C=O) groups is 1. The molecular formula is C26H35N5O4. The van der Waals surface area contributed by atoms with Crippen molar-refractivity contribution in [2.45, 2.75) is 40.7 Å². The smallest absolute Gasteiger partial charge is 0.321 e. The molecule has 0 bridgehead atoms. The molecule has 1 aliphatic rings. The number of aromatic nitrogens is 2. The van der Waals surface area contributed by atoms with Crippen molar-refractivity contribution in [3.8, 4) is 5.75 Å². The van der Waals surface area contributed by atoms with Gasteiger partial charge in [-0.3, -0.25) is 0 Å². The van der Waals surface area contributed by atoms with Crippen LogP contribution in [0.4, 0.5) is 16.3 Å². The van der Waals surface area contributed by atoms with Crippen LogP contribution >= 0.6 is 0 Å². The predicted octanol–water partition coefficient (Wildman–Crippen LogP) is 3.02. The van der Waals surface area contributed by atoms with E-state index in [0.717, 1.165) is 22.5 Å². The molecule has 0 spiro atoms.